The van der Waals surface area contributed by atoms with E-state index in [1.54, 1.807) is 24.3 Å². The van der Waals surface area contributed by atoms with E-state index in [4.69, 9.17) is 14.2 Å². The minimum absolute atomic E-state index is 0.266. The predicted octanol–water partition coefficient (Wildman–Crippen LogP) is 5.23. The smallest absolute Gasteiger partial charge is 0.184 e. The van der Waals surface area contributed by atoms with E-state index in [1.165, 1.54) is 12.1 Å². The molecule has 0 N–H and O–H groups in total. The third-order valence-electron chi connectivity index (χ3n) is 4.50. The number of halogens is 2. The third-order valence-corrected chi connectivity index (χ3v) is 4.50. The first-order valence-corrected chi connectivity index (χ1v) is 9.57. The second-order valence-corrected chi connectivity index (χ2v) is 6.72. The lowest BCUT2D eigenvalue weighted by Gasteiger charge is -2.29. The van der Waals surface area contributed by atoms with Crippen molar-refractivity contribution in [2.75, 3.05) is 19.8 Å². The zero-order valence-electron chi connectivity index (χ0n) is 16.1. The molecule has 1 aliphatic heterocycles. The van der Waals surface area contributed by atoms with Crippen LogP contribution in [0.1, 0.15) is 49.7 Å². The molecule has 0 aliphatic carbocycles. The first-order valence-electron chi connectivity index (χ1n) is 9.57. The Hall–Kier alpha value is -2.42. The molecule has 28 heavy (non-hydrogen) atoms. The first-order chi connectivity index (χ1) is 13.6. The topological polar surface area (TPSA) is 27.7 Å². The maximum absolute atomic E-state index is 14.5. The van der Waals surface area contributed by atoms with Gasteiger partial charge in [0.05, 0.1) is 25.4 Å². The summed E-state index contributed by atoms with van der Waals surface area (Å²) in [5.41, 5.74) is 0.709. The summed E-state index contributed by atoms with van der Waals surface area (Å²) >= 11 is 0. The quantitative estimate of drug-likeness (QED) is 0.659. The zero-order valence-corrected chi connectivity index (χ0v) is 16.1. The van der Waals surface area contributed by atoms with Crippen LogP contribution in [-0.2, 0) is 9.47 Å². The van der Waals surface area contributed by atoms with Crippen LogP contribution in [0.2, 0.25) is 0 Å². The Kier molecular flexibility index (Phi) is 7.02. The highest BCUT2D eigenvalue weighted by Gasteiger charge is 2.24. The van der Waals surface area contributed by atoms with Gasteiger partial charge >= 0.3 is 0 Å². The number of hydrogen-bond donors (Lipinski definition) is 0. The fraction of sp³-hybridized carbons (Fsp3) is 0.391. The van der Waals surface area contributed by atoms with Crippen molar-refractivity contribution in [1.29, 1.82) is 0 Å². The highest BCUT2D eigenvalue weighted by molar-refractivity contribution is 5.46. The summed E-state index contributed by atoms with van der Waals surface area (Å²) in [6.07, 6.45) is 1.31. The van der Waals surface area contributed by atoms with Gasteiger partial charge in [0.15, 0.2) is 6.29 Å². The fourth-order valence-electron chi connectivity index (χ4n) is 3.09. The van der Waals surface area contributed by atoms with E-state index in [0.717, 1.165) is 18.6 Å². The fourth-order valence-corrected chi connectivity index (χ4v) is 3.09. The van der Waals surface area contributed by atoms with E-state index in [2.05, 4.69) is 18.8 Å². The second-order valence-electron chi connectivity index (χ2n) is 6.72. The van der Waals surface area contributed by atoms with Gasteiger partial charge in [0, 0.05) is 17.0 Å². The molecular formula is C23H24F2O3. The lowest BCUT2D eigenvalue weighted by Crippen LogP contribution is -2.27. The normalized spacial score (nSPS) is 19.0. The maximum atomic E-state index is 14.5. The summed E-state index contributed by atoms with van der Waals surface area (Å²) in [4.78, 5) is 0. The van der Waals surface area contributed by atoms with Crippen LogP contribution in [0.4, 0.5) is 8.78 Å². The Morgan fingerprint density at radius 2 is 1.64 bits per heavy atom. The maximum Gasteiger partial charge on any atom is 0.184 e. The van der Waals surface area contributed by atoms with E-state index in [9.17, 15) is 8.78 Å². The Balaban J connectivity index is 1.72. The van der Waals surface area contributed by atoms with Gasteiger partial charge < -0.3 is 14.2 Å². The van der Waals surface area contributed by atoms with Crippen molar-refractivity contribution < 1.29 is 23.0 Å². The van der Waals surface area contributed by atoms with Crippen LogP contribution in [0.3, 0.4) is 0 Å². The van der Waals surface area contributed by atoms with Gasteiger partial charge in [-0.05, 0) is 49.7 Å². The molecule has 0 radical (unpaired) electrons. The number of hydrogen-bond acceptors (Lipinski definition) is 3. The van der Waals surface area contributed by atoms with E-state index in [1.807, 2.05) is 6.92 Å². The summed E-state index contributed by atoms with van der Waals surface area (Å²) < 4.78 is 45.5. The molecule has 0 spiro atoms. The van der Waals surface area contributed by atoms with E-state index < -0.39 is 17.9 Å². The van der Waals surface area contributed by atoms with Crippen molar-refractivity contribution >= 4 is 0 Å². The van der Waals surface area contributed by atoms with E-state index in [-0.39, 0.29) is 5.56 Å². The molecule has 5 heteroatoms. The van der Waals surface area contributed by atoms with Gasteiger partial charge in [-0.1, -0.05) is 25.2 Å². The van der Waals surface area contributed by atoms with Crippen LogP contribution >= 0.6 is 0 Å². The van der Waals surface area contributed by atoms with Crippen molar-refractivity contribution in [3.63, 3.8) is 0 Å². The standard InChI is InChI=1S/C23H24F2O3/c1-3-5-17-14-27-23(28-15-17)18-12-21(24)20(22(25)13-18)11-8-16-6-9-19(10-7-16)26-4-2/h6-7,9-10,12-13,17,23H,3-5,14-15H2,1-2H3. The molecule has 0 bridgehead atoms. The van der Waals surface area contributed by atoms with Crippen molar-refractivity contribution in [2.45, 2.75) is 33.0 Å². The lowest BCUT2D eigenvalue weighted by molar-refractivity contribution is -0.206. The van der Waals surface area contributed by atoms with Crippen molar-refractivity contribution in [1.82, 2.24) is 0 Å². The van der Waals surface area contributed by atoms with Crippen LogP contribution in [0.5, 0.6) is 5.75 Å². The van der Waals surface area contributed by atoms with E-state index in [0.29, 0.717) is 36.9 Å². The average molecular weight is 386 g/mol. The number of ether oxygens (including phenoxy) is 3. The SMILES string of the molecule is CCCC1COC(c2cc(F)c(C#Cc3ccc(OCC)cc3)c(F)c2)OC1. The number of rotatable bonds is 5. The zero-order chi connectivity index (χ0) is 19.9. The summed E-state index contributed by atoms with van der Waals surface area (Å²) in [6.45, 7) is 5.63. The van der Waals surface area contributed by atoms with Gasteiger partial charge in [0.2, 0.25) is 0 Å². The van der Waals surface area contributed by atoms with Gasteiger partial charge in [0.25, 0.3) is 0 Å². The third kappa shape index (κ3) is 5.09. The Labute approximate surface area is 164 Å². The van der Waals surface area contributed by atoms with Crippen LogP contribution in [0, 0.1) is 29.4 Å². The van der Waals surface area contributed by atoms with E-state index >= 15 is 0 Å². The molecule has 3 rings (SSSR count). The highest BCUT2D eigenvalue weighted by Crippen LogP contribution is 2.29. The Morgan fingerprint density at radius 1 is 1.00 bits per heavy atom. The van der Waals surface area contributed by atoms with Gasteiger partial charge in [-0.2, -0.15) is 0 Å². The van der Waals surface area contributed by atoms with Gasteiger partial charge in [-0.15, -0.1) is 0 Å². The first kappa shape index (κ1) is 20.3. The molecule has 0 amide bonds. The minimum Gasteiger partial charge on any atom is -0.494 e. The van der Waals surface area contributed by atoms with Crippen molar-refractivity contribution in [3.05, 3.63) is 64.7 Å². The largest absolute Gasteiger partial charge is 0.494 e. The van der Waals surface area contributed by atoms with Crippen LogP contribution in [-0.4, -0.2) is 19.8 Å². The molecular weight excluding hydrogens is 362 g/mol. The Bertz CT molecular complexity index is 821. The molecule has 1 fully saturated rings. The molecule has 2 aromatic carbocycles. The number of benzene rings is 2. The van der Waals surface area contributed by atoms with Crippen LogP contribution in [0.25, 0.3) is 0 Å². The molecule has 1 heterocycles. The van der Waals surface area contributed by atoms with Crippen molar-refractivity contribution in [3.8, 4) is 17.6 Å². The second kappa shape index (κ2) is 9.68. The summed E-state index contributed by atoms with van der Waals surface area (Å²) in [5, 5.41) is 0. The van der Waals surface area contributed by atoms with Crippen molar-refractivity contribution in [2.24, 2.45) is 5.92 Å². The summed E-state index contributed by atoms with van der Waals surface area (Å²) in [7, 11) is 0. The molecule has 1 aliphatic rings. The Morgan fingerprint density at radius 3 is 2.21 bits per heavy atom. The highest BCUT2D eigenvalue weighted by atomic mass is 19.1. The van der Waals surface area contributed by atoms with Gasteiger partial charge in [0.1, 0.15) is 17.4 Å². The molecule has 2 aromatic rings. The molecule has 1 saturated heterocycles. The molecule has 0 aromatic heterocycles. The minimum atomic E-state index is -0.745. The lowest BCUT2D eigenvalue weighted by atomic mass is 10.0. The summed E-state index contributed by atoms with van der Waals surface area (Å²) in [5.74, 6) is 4.97. The predicted molar refractivity (Wildman–Crippen MR) is 103 cm³/mol. The van der Waals surface area contributed by atoms with Gasteiger partial charge in [-0.25, -0.2) is 8.78 Å². The van der Waals surface area contributed by atoms with Crippen LogP contribution in [0.15, 0.2) is 36.4 Å². The molecule has 0 unspecified atom stereocenters. The summed E-state index contributed by atoms with van der Waals surface area (Å²) in [6, 6.07) is 9.50. The molecule has 0 saturated carbocycles. The monoisotopic (exact) mass is 386 g/mol. The molecule has 0 atom stereocenters. The molecule has 148 valence electrons. The molecule has 3 nitrogen and oxygen atoms in total. The van der Waals surface area contributed by atoms with Crippen LogP contribution < -0.4 is 4.74 Å². The average Bonchev–Trinajstić information content (AvgIpc) is 2.69. The van der Waals surface area contributed by atoms with Gasteiger partial charge in [-0.3, -0.25) is 0 Å².